The summed E-state index contributed by atoms with van der Waals surface area (Å²) in [5, 5.41) is 0. The molecule has 0 saturated carbocycles. The van der Waals surface area contributed by atoms with Crippen molar-refractivity contribution in [2.45, 2.75) is 25.4 Å². The number of hydrogen-bond donors (Lipinski definition) is 0. The topological polar surface area (TPSA) is 56.6 Å². The van der Waals surface area contributed by atoms with Crippen LogP contribution in [-0.2, 0) is 17.9 Å². The number of rotatable bonds is 8. The number of methoxy groups -OCH3 is 1. The molecular formula is C27H27N3O3. The molecule has 0 spiro atoms. The Hall–Kier alpha value is -3.80. The van der Waals surface area contributed by atoms with Gasteiger partial charge in [0, 0.05) is 31.5 Å². The summed E-state index contributed by atoms with van der Waals surface area (Å²) in [5.41, 5.74) is 3.16. The fourth-order valence-corrected chi connectivity index (χ4v) is 4.49. The average molecular weight is 442 g/mol. The number of imidazole rings is 1. The third-order valence-corrected chi connectivity index (χ3v) is 6.10. The zero-order chi connectivity index (χ0) is 22.6. The second-order valence-corrected chi connectivity index (χ2v) is 8.30. The van der Waals surface area contributed by atoms with Crippen molar-refractivity contribution in [3.05, 3.63) is 90.3 Å². The molecule has 6 nitrogen and oxygen atoms in total. The number of benzene rings is 3. The van der Waals surface area contributed by atoms with E-state index in [1.165, 1.54) is 0 Å². The number of likely N-dealkylation sites (tertiary alicyclic amines) is 1. The zero-order valence-electron chi connectivity index (χ0n) is 18.7. The van der Waals surface area contributed by atoms with E-state index in [0.29, 0.717) is 32.7 Å². The van der Waals surface area contributed by atoms with E-state index in [1.54, 1.807) is 7.11 Å². The molecule has 1 saturated heterocycles. The summed E-state index contributed by atoms with van der Waals surface area (Å²) in [6.07, 6.45) is 0.479. The van der Waals surface area contributed by atoms with E-state index in [1.807, 2.05) is 65.6 Å². The SMILES string of the molecule is COc1cccc(OCCn2c([C@H]3CC(=O)N(Cc4ccccc4)C3)nc3ccccc32)c1. The summed E-state index contributed by atoms with van der Waals surface area (Å²) in [4.78, 5) is 19.7. The highest BCUT2D eigenvalue weighted by Crippen LogP contribution is 2.31. The fourth-order valence-electron chi connectivity index (χ4n) is 4.49. The fraction of sp³-hybridized carbons (Fsp3) is 0.259. The van der Waals surface area contributed by atoms with Crippen LogP contribution >= 0.6 is 0 Å². The Morgan fingerprint density at radius 3 is 2.61 bits per heavy atom. The first-order chi connectivity index (χ1) is 16.2. The Labute approximate surface area is 193 Å². The van der Waals surface area contributed by atoms with Gasteiger partial charge >= 0.3 is 0 Å². The maximum Gasteiger partial charge on any atom is 0.223 e. The lowest BCUT2D eigenvalue weighted by molar-refractivity contribution is -0.128. The van der Waals surface area contributed by atoms with Gasteiger partial charge in [-0.25, -0.2) is 4.98 Å². The van der Waals surface area contributed by atoms with Crippen molar-refractivity contribution in [1.82, 2.24) is 14.5 Å². The Morgan fingerprint density at radius 1 is 0.970 bits per heavy atom. The van der Waals surface area contributed by atoms with Crippen LogP contribution in [0, 0.1) is 0 Å². The molecule has 0 unspecified atom stereocenters. The number of carbonyl (C=O) groups is 1. The second kappa shape index (κ2) is 9.36. The molecule has 1 amide bonds. The van der Waals surface area contributed by atoms with Crippen LogP contribution in [0.5, 0.6) is 11.5 Å². The molecule has 1 atom stereocenters. The van der Waals surface area contributed by atoms with Crippen LogP contribution < -0.4 is 9.47 Å². The number of fused-ring (bicyclic) bond motifs is 1. The van der Waals surface area contributed by atoms with E-state index < -0.39 is 0 Å². The first kappa shape index (κ1) is 21.1. The number of ether oxygens (including phenoxy) is 2. The van der Waals surface area contributed by atoms with Gasteiger partial charge in [0.15, 0.2) is 0 Å². The van der Waals surface area contributed by atoms with Crippen molar-refractivity contribution < 1.29 is 14.3 Å². The lowest BCUT2D eigenvalue weighted by Crippen LogP contribution is -2.24. The summed E-state index contributed by atoms with van der Waals surface area (Å²) in [5.74, 6) is 2.73. The van der Waals surface area contributed by atoms with Gasteiger partial charge in [-0.15, -0.1) is 0 Å². The number of para-hydroxylation sites is 2. The number of amides is 1. The van der Waals surface area contributed by atoms with E-state index in [9.17, 15) is 4.79 Å². The highest BCUT2D eigenvalue weighted by molar-refractivity contribution is 5.81. The molecule has 3 aromatic carbocycles. The quantitative estimate of drug-likeness (QED) is 0.400. The minimum Gasteiger partial charge on any atom is -0.497 e. The molecule has 0 aliphatic carbocycles. The molecule has 1 aliphatic heterocycles. The van der Waals surface area contributed by atoms with Gasteiger partial charge in [-0.3, -0.25) is 4.79 Å². The monoisotopic (exact) mass is 441 g/mol. The third-order valence-electron chi connectivity index (χ3n) is 6.10. The standard InChI is InChI=1S/C27H27N3O3/c1-32-22-10-7-11-23(17-22)33-15-14-30-25-13-6-5-12-24(25)28-27(30)21-16-26(31)29(19-21)18-20-8-3-2-4-9-20/h2-13,17,21H,14-16,18-19H2,1H3/t21-/m0/s1. The minimum atomic E-state index is 0.0606. The summed E-state index contributed by atoms with van der Waals surface area (Å²) in [6.45, 7) is 2.45. The molecule has 0 bridgehead atoms. The van der Waals surface area contributed by atoms with Gasteiger partial charge in [-0.2, -0.15) is 0 Å². The number of hydrogen-bond acceptors (Lipinski definition) is 4. The van der Waals surface area contributed by atoms with Gasteiger partial charge in [0.2, 0.25) is 5.91 Å². The van der Waals surface area contributed by atoms with E-state index in [4.69, 9.17) is 14.5 Å². The average Bonchev–Trinajstić information content (AvgIpc) is 3.40. The molecule has 0 radical (unpaired) electrons. The van der Waals surface area contributed by atoms with Crippen molar-refractivity contribution in [3.63, 3.8) is 0 Å². The molecule has 6 heteroatoms. The molecule has 1 aliphatic rings. The van der Waals surface area contributed by atoms with Gasteiger partial charge in [-0.05, 0) is 29.8 Å². The second-order valence-electron chi connectivity index (χ2n) is 8.30. The molecule has 1 aromatic heterocycles. The van der Waals surface area contributed by atoms with Crippen molar-refractivity contribution in [1.29, 1.82) is 0 Å². The maximum atomic E-state index is 12.8. The Balaban J connectivity index is 1.35. The first-order valence-electron chi connectivity index (χ1n) is 11.2. The van der Waals surface area contributed by atoms with Gasteiger partial charge in [0.25, 0.3) is 0 Å². The van der Waals surface area contributed by atoms with Crippen molar-refractivity contribution in [2.75, 3.05) is 20.3 Å². The molecule has 2 heterocycles. The van der Waals surface area contributed by atoms with Gasteiger partial charge in [-0.1, -0.05) is 48.5 Å². The minimum absolute atomic E-state index is 0.0606. The first-order valence-corrected chi connectivity index (χ1v) is 11.2. The van der Waals surface area contributed by atoms with E-state index in [-0.39, 0.29) is 11.8 Å². The zero-order valence-corrected chi connectivity index (χ0v) is 18.7. The highest BCUT2D eigenvalue weighted by atomic mass is 16.5. The van der Waals surface area contributed by atoms with E-state index >= 15 is 0 Å². The molecule has 33 heavy (non-hydrogen) atoms. The normalized spacial score (nSPS) is 15.8. The predicted molar refractivity (Wildman–Crippen MR) is 127 cm³/mol. The van der Waals surface area contributed by atoms with Gasteiger partial charge in [0.1, 0.15) is 23.9 Å². The number of carbonyl (C=O) groups excluding carboxylic acids is 1. The van der Waals surface area contributed by atoms with Gasteiger partial charge < -0.3 is 18.9 Å². The van der Waals surface area contributed by atoms with Crippen LogP contribution in [0.15, 0.2) is 78.9 Å². The van der Waals surface area contributed by atoms with E-state index in [0.717, 1.165) is 33.9 Å². The Kier molecular flexibility index (Phi) is 5.98. The molecule has 1 fully saturated rings. The van der Waals surface area contributed by atoms with Crippen molar-refractivity contribution >= 4 is 16.9 Å². The van der Waals surface area contributed by atoms with E-state index in [2.05, 4.69) is 22.8 Å². The Bertz CT molecular complexity index is 1250. The smallest absolute Gasteiger partial charge is 0.223 e. The van der Waals surface area contributed by atoms with Crippen LogP contribution in [0.1, 0.15) is 23.7 Å². The largest absolute Gasteiger partial charge is 0.497 e. The highest BCUT2D eigenvalue weighted by Gasteiger charge is 2.33. The van der Waals surface area contributed by atoms with Gasteiger partial charge in [0.05, 0.1) is 24.7 Å². The van der Waals surface area contributed by atoms with Crippen LogP contribution in [0.25, 0.3) is 11.0 Å². The number of nitrogens with zero attached hydrogens (tertiary/aromatic N) is 3. The van der Waals surface area contributed by atoms with Crippen LogP contribution in [0.3, 0.4) is 0 Å². The molecule has 0 N–H and O–H groups in total. The van der Waals surface area contributed by atoms with Crippen LogP contribution in [-0.4, -0.2) is 40.6 Å². The molecule has 168 valence electrons. The summed E-state index contributed by atoms with van der Waals surface area (Å²) in [6, 6.07) is 25.9. The number of aromatic nitrogens is 2. The Morgan fingerprint density at radius 2 is 1.76 bits per heavy atom. The summed E-state index contributed by atoms with van der Waals surface area (Å²) < 4.78 is 13.5. The third kappa shape index (κ3) is 4.55. The maximum absolute atomic E-state index is 12.8. The summed E-state index contributed by atoms with van der Waals surface area (Å²) >= 11 is 0. The molecular weight excluding hydrogens is 414 g/mol. The summed E-state index contributed by atoms with van der Waals surface area (Å²) in [7, 11) is 1.65. The molecule has 5 rings (SSSR count). The lowest BCUT2D eigenvalue weighted by atomic mass is 10.1. The molecule has 4 aromatic rings. The van der Waals surface area contributed by atoms with Crippen molar-refractivity contribution in [3.8, 4) is 11.5 Å². The van der Waals surface area contributed by atoms with Crippen LogP contribution in [0.2, 0.25) is 0 Å². The van der Waals surface area contributed by atoms with Crippen molar-refractivity contribution in [2.24, 2.45) is 0 Å². The predicted octanol–water partition coefficient (Wildman–Crippen LogP) is 4.64. The lowest BCUT2D eigenvalue weighted by Gasteiger charge is -2.17. The van der Waals surface area contributed by atoms with Crippen LogP contribution in [0.4, 0.5) is 0 Å².